The first-order valence-corrected chi connectivity index (χ1v) is 20.8. The van der Waals surface area contributed by atoms with Crippen LogP contribution in [0.2, 0.25) is 0 Å². The van der Waals surface area contributed by atoms with E-state index in [2.05, 4.69) is 89.5 Å². The topological polar surface area (TPSA) is 9.86 Å². The molecule has 0 atom stereocenters. The van der Waals surface area contributed by atoms with Crippen LogP contribution in [-0.2, 0) is 0 Å². The molecule has 0 spiro atoms. The predicted octanol–water partition coefficient (Wildman–Crippen LogP) is 16.2. The summed E-state index contributed by atoms with van der Waals surface area (Å²) in [6.45, 7) is 0. The summed E-state index contributed by atoms with van der Waals surface area (Å²) in [5, 5.41) is 2.21. The van der Waals surface area contributed by atoms with Gasteiger partial charge in [0.15, 0.2) is 0 Å². The summed E-state index contributed by atoms with van der Waals surface area (Å²) >= 11 is 0. The molecule has 0 N–H and O–H groups in total. The number of fused-ring (bicyclic) bond motifs is 6. The van der Waals surface area contributed by atoms with Gasteiger partial charge in [-0.2, -0.15) is 0 Å². The van der Waals surface area contributed by atoms with E-state index in [1.54, 1.807) is 4.57 Å². The molecule has 0 saturated heterocycles. The van der Waals surface area contributed by atoms with Crippen molar-refractivity contribution in [2.24, 2.45) is 0 Å². The standard InChI is InChI=1S/C60H40N2/c1-5-16-41(17-6-1)43-28-33-49(34-29-43)61-55-26-14-13-24-51(55)53-39-47(31-36-57(53)61)48-32-37-58-54(40-48)60-50(44-20-9-3-10-21-44)25-15-27-59(60)62(58)56-35-30-46(42-18-7-2-8-19-42)38-52(56)45-22-11-4-12-23-45/h1-40H/i13D,14D,24D,26D,31D,36D,39D. The fourth-order valence-corrected chi connectivity index (χ4v) is 9.08. The van der Waals surface area contributed by atoms with Crippen LogP contribution in [0.1, 0.15) is 9.60 Å². The summed E-state index contributed by atoms with van der Waals surface area (Å²) in [5.41, 5.74) is 12.8. The number of para-hydroxylation sites is 1. The van der Waals surface area contributed by atoms with Gasteiger partial charge in [0.1, 0.15) is 0 Å². The van der Waals surface area contributed by atoms with Gasteiger partial charge in [0.05, 0.1) is 37.3 Å². The predicted molar refractivity (Wildman–Crippen MR) is 262 cm³/mol. The van der Waals surface area contributed by atoms with Crippen molar-refractivity contribution in [2.45, 2.75) is 0 Å². The van der Waals surface area contributed by atoms with Crippen LogP contribution in [0.4, 0.5) is 0 Å². The van der Waals surface area contributed by atoms with Crippen LogP contribution < -0.4 is 0 Å². The molecule has 0 fully saturated rings. The van der Waals surface area contributed by atoms with Gasteiger partial charge in [0.2, 0.25) is 0 Å². The quantitative estimate of drug-likeness (QED) is 0.152. The summed E-state index contributed by atoms with van der Waals surface area (Å²) < 4.78 is 69.4. The first-order valence-electron chi connectivity index (χ1n) is 24.3. The number of aromatic nitrogens is 2. The monoisotopic (exact) mass is 795 g/mol. The van der Waals surface area contributed by atoms with Crippen molar-refractivity contribution in [2.75, 3.05) is 0 Å². The number of nitrogens with zero attached hydrogens (tertiary/aromatic N) is 2. The van der Waals surface area contributed by atoms with Crippen LogP contribution in [0, 0.1) is 0 Å². The molecule has 290 valence electrons. The van der Waals surface area contributed by atoms with Crippen molar-refractivity contribution in [3.05, 3.63) is 242 Å². The molecule has 0 aliphatic heterocycles. The van der Waals surface area contributed by atoms with Crippen molar-refractivity contribution in [1.82, 2.24) is 9.13 Å². The molecular formula is C60H40N2. The Labute approximate surface area is 370 Å². The van der Waals surface area contributed by atoms with E-state index >= 15 is 0 Å². The second-order valence-corrected chi connectivity index (χ2v) is 15.5. The Morgan fingerprint density at radius 1 is 0.306 bits per heavy atom. The zero-order valence-corrected chi connectivity index (χ0v) is 33.4. The van der Waals surface area contributed by atoms with Crippen LogP contribution in [0.5, 0.6) is 0 Å². The highest BCUT2D eigenvalue weighted by molar-refractivity contribution is 6.17. The van der Waals surface area contributed by atoms with Gasteiger partial charge in [-0.05, 0) is 111 Å². The molecule has 2 aromatic heterocycles. The van der Waals surface area contributed by atoms with Crippen molar-refractivity contribution >= 4 is 43.6 Å². The maximum Gasteiger partial charge on any atom is 0.0645 e. The third-order valence-corrected chi connectivity index (χ3v) is 12.0. The van der Waals surface area contributed by atoms with E-state index in [0.717, 1.165) is 72.0 Å². The molecule has 2 heteroatoms. The molecule has 10 aromatic carbocycles. The lowest BCUT2D eigenvalue weighted by atomic mass is 9.97. The Bertz CT molecular complexity index is 4000. The minimum absolute atomic E-state index is 0.0880. The number of rotatable bonds is 7. The summed E-state index contributed by atoms with van der Waals surface area (Å²) in [7, 11) is 0. The lowest BCUT2D eigenvalue weighted by Gasteiger charge is -2.16. The van der Waals surface area contributed by atoms with Crippen LogP contribution in [0.15, 0.2) is 242 Å². The van der Waals surface area contributed by atoms with Crippen molar-refractivity contribution in [3.63, 3.8) is 0 Å². The van der Waals surface area contributed by atoms with Gasteiger partial charge in [0, 0.05) is 32.8 Å². The molecule has 0 saturated carbocycles. The van der Waals surface area contributed by atoms with Crippen molar-refractivity contribution in [1.29, 1.82) is 0 Å². The van der Waals surface area contributed by atoms with Gasteiger partial charge in [-0.25, -0.2) is 0 Å². The highest BCUT2D eigenvalue weighted by atomic mass is 15.0. The first kappa shape index (κ1) is 29.1. The molecule has 0 radical (unpaired) electrons. The molecule has 0 bridgehead atoms. The SMILES string of the molecule is [2H]c1c([2H])c([2H])c2c(c1[2H])c1c([2H])c(-c3ccc4c(c3)c3c(-c5ccccc5)cccc3n4-c3ccc(-c4ccccc4)cc3-c3ccccc3)c([2H])c([2H])c1n2-c1ccc(-c2ccccc2)cc1. The zero-order chi connectivity index (χ0) is 47.1. The average molecular weight is 796 g/mol. The maximum absolute atomic E-state index is 10.0. The smallest absolute Gasteiger partial charge is 0.0645 e. The highest BCUT2D eigenvalue weighted by Gasteiger charge is 2.21. The van der Waals surface area contributed by atoms with E-state index in [0.29, 0.717) is 11.3 Å². The van der Waals surface area contributed by atoms with Crippen molar-refractivity contribution in [3.8, 4) is 67.0 Å². The lowest BCUT2D eigenvalue weighted by Crippen LogP contribution is -1.98. The highest BCUT2D eigenvalue weighted by Crippen LogP contribution is 2.43. The number of hydrogen-bond acceptors (Lipinski definition) is 0. The Hall–Kier alpha value is -8.20. The molecule has 0 aliphatic carbocycles. The van der Waals surface area contributed by atoms with E-state index < -0.39 is 12.1 Å². The number of hydrogen-bond donors (Lipinski definition) is 0. The van der Waals surface area contributed by atoms with Crippen LogP contribution >= 0.6 is 0 Å². The van der Waals surface area contributed by atoms with Gasteiger partial charge in [-0.1, -0.05) is 182 Å². The van der Waals surface area contributed by atoms with Gasteiger partial charge in [-0.15, -0.1) is 0 Å². The Morgan fingerprint density at radius 2 is 0.871 bits per heavy atom. The van der Waals surface area contributed by atoms with Gasteiger partial charge in [-0.3, -0.25) is 0 Å². The molecule has 12 rings (SSSR count). The lowest BCUT2D eigenvalue weighted by molar-refractivity contribution is 1.18. The minimum atomic E-state index is -0.428. The Morgan fingerprint density at radius 3 is 1.58 bits per heavy atom. The molecule has 12 aromatic rings. The Balaban J connectivity index is 1.14. The van der Waals surface area contributed by atoms with Crippen LogP contribution in [-0.4, -0.2) is 9.13 Å². The molecule has 0 unspecified atom stereocenters. The third kappa shape index (κ3) is 5.96. The molecule has 0 aliphatic rings. The normalized spacial score (nSPS) is 13.1. The Kier molecular flexibility index (Phi) is 6.95. The number of benzene rings is 10. The molecule has 2 nitrogen and oxygen atoms in total. The van der Waals surface area contributed by atoms with E-state index in [9.17, 15) is 6.85 Å². The minimum Gasteiger partial charge on any atom is -0.309 e. The van der Waals surface area contributed by atoms with E-state index in [-0.39, 0.29) is 57.6 Å². The maximum atomic E-state index is 10.0. The molecule has 2 heterocycles. The van der Waals surface area contributed by atoms with E-state index in [1.807, 2.05) is 115 Å². The zero-order valence-electron chi connectivity index (χ0n) is 40.4. The molecular weight excluding hydrogens is 749 g/mol. The average Bonchev–Trinajstić information content (AvgIpc) is 3.94. The first-order chi connectivity index (χ1) is 33.7. The molecule has 0 amide bonds. The summed E-state index contributed by atoms with van der Waals surface area (Å²) in [6, 6.07) is 65.5. The summed E-state index contributed by atoms with van der Waals surface area (Å²) in [6.07, 6.45) is 0. The van der Waals surface area contributed by atoms with E-state index in [4.69, 9.17) is 2.74 Å². The summed E-state index contributed by atoms with van der Waals surface area (Å²) in [4.78, 5) is 0. The second-order valence-electron chi connectivity index (χ2n) is 15.5. The van der Waals surface area contributed by atoms with Gasteiger partial charge >= 0.3 is 0 Å². The fraction of sp³-hybridized carbons (Fsp3) is 0. The second kappa shape index (κ2) is 14.8. The third-order valence-electron chi connectivity index (χ3n) is 12.0. The van der Waals surface area contributed by atoms with E-state index in [1.165, 1.54) is 0 Å². The van der Waals surface area contributed by atoms with Gasteiger partial charge in [0.25, 0.3) is 0 Å². The van der Waals surface area contributed by atoms with Crippen molar-refractivity contribution < 1.29 is 9.60 Å². The largest absolute Gasteiger partial charge is 0.309 e. The van der Waals surface area contributed by atoms with Crippen LogP contribution in [0.3, 0.4) is 0 Å². The fourth-order valence-electron chi connectivity index (χ4n) is 9.08. The van der Waals surface area contributed by atoms with Crippen LogP contribution in [0.25, 0.3) is 111 Å². The summed E-state index contributed by atoms with van der Waals surface area (Å²) in [5.74, 6) is 0. The van der Waals surface area contributed by atoms with Gasteiger partial charge < -0.3 is 9.13 Å². The molecule has 62 heavy (non-hydrogen) atoms.